The summed E-state index contributed by atoms with van der Waals surface area (Å²) >= 11 is 0. The molecule has 0 atom stereocenters. The highest BCUT2D eigenvalue weighted by atomic mass is 16.5. The molecular weight excluding hydrogens is 274 g/mol. The molecule has 0 fully saturated rings. The van der Waals surface area contributed by atoms with E-state index in [9.17, 15) is 9.59 Å². The van der Waals surface area contributed by atoms with Gasteiger partial charge in [-0.25, -0.2) is 5.43 Å². The van der Waals surface area contributed by atoms with Crippen LogP contribution in [-0.4, -0.2) is 45.4 Å². The molecule has 7 heteroatoms. The van der Waals surface area contributed by atoms with Crippen molar-refractivity contribution in [2.24, 2.45) is 5.10 Å². The monoisotopic (exact) mass is 293 g/mol. The van der Waals surface area contributed by atoms with Crippen molar-refractivity contribution in [2.45, 2.75) is 6.42 Å². The molecule has 0 heterocycles. The average molecular weight is 293 g/mol. The number of rotatable bonds is 8. The van der Waals surface area contributed by atoms with Gasteiger partial charge in [0.25, 0.3) is 0 Å². The largest absolute Gasteiger partial charge is 0.497 e. The fourth-order valence-electron chi connectivity index (χ4n) is 1.41. The molecule has 7 nitrogen and oxygen atoms in total. The Bertz CT molecular complexity index is 485. The van der Waals surface area contributed by atoms with Crippen molar-refractivity contribution in [1.29, 1.82) is 0 Å². The number of nitrogens with zero attached hydrogens (tertiary/aromatic N) is 1. The summed E-state index contributed by atoms with van der Waals surface area (Å²) in [5, 5.41) is 6.32. The molecule has 114 valence electrons. The van der Waals surface area contributed by atoms with Crippen molar-refractivity contribution in [2.75, 3.05) is 27.4 Å². The van der Waals surface area contributed by atoms with Gasteiger partial charge in [-0.3, -0.25) is 9.59 Å². The fraction of sp³-hybridized carbons (Fsp3) is 0.357. The van der Waals surface area contributed by atoms with Gasteiger partial charge >= 0.3 is 0 Å². The van der Waals surface area contributed by atoms with E-state index in [1.54, 1.807) is 31.4 Å². The molecule has 0 bridgehead atoms. The number of amides is 2. The average Bonchev–Trinajstić information content (AvgIpc) is 2.48. The third-order valence-corrected chi connectivity index (χ3v) is 2.47. The van der Waals surface area contributed by atoms with Gasteiger partial charge in [0.15, 0.2) is 0 Å². The summed E-state index contributed by atoms with van der Waals surface area (Å²) in [5.74, 6) is -0.109. The Morgan fingerprint density at radius 3 is 2.52 bits per heavy atom. The van der Waals surface area contributed by atoms with Crippen molar-refractivity contribution >= 4 is 18.0 Å². The number of carbonyl (C=O) groups is 2. The number of nitrogens with one attached hydrogen (secondary N) is 2. The maximum atomic E-state index is 11.4. The number of hydrogen-bond donors (Lipinski definition) is 2. The van der Waals surface area contributed by atoms with Crippen molar-refractivity contribution in [3.8, 4) is 5.75 Å². The summed E-state index contributed by atoms with van der Waals surface area (Å²) < 4.78 is 9.81. The van der Waals surface area contributed by atoms with Gasteiger partial charge in [0.05, 0.1) is 19.9 Å². The lowest BCUT2D eigenvalue weighted by Gasteiger charge is -2.03. The van der Waals surface area contributed by atoms with Crippen molar-refractivity contribution < 1.29 is 19.1 Å². The molecule has 0 aliphatic heterocycles. The first-order chi connectivity index (χ1) is 10.2. The van der Waals surface area contributed by atoms with E-state index in [-0.39, 0.29) is 12.3 Å². The van der Waals surface area contributed by atoms with E-state index in [2.05, 4.69) is 15.8 Å². The van der Waals surface area contributed by atoms with Crippen molar-refractivity contribution in [1.82, 2.24) is 10.7 Å². The molecule has 2 amide bonds. The number of ether oxygens (including phenoxy) is 2. The smallest absolute Gasteiger partial charge is 0.249 e. The molecule has 0 aromatic heterocycles. The van der Waals surface area contributed by atoms with E-state index in [0.717, 1.165) is 11.3 Å². The van der Waals surface area contributed by atoms with E-state index in [1.807, 2.05) is 0 Å². The van der Waals surface area contributed by atoms with Crippen LogP contribution in [0.1, 0.15) is 12.0 Å². The number of carbonyl (C=O) groups excluding carboxylic acids is 2. The van der Waals surface area contributed by atoms with Crippen LogP contribution in [0.4, 0.5) is 0 Å². The van der Waals surface area contributed by atoms with E-state index in [4.69, 9.17) is 9.47 Å². The molecule has 0 saturated carbocycles. The van der Waals surface area contributed by atoms with Gasteiger partial charge in [-0.15, -0.1) is 0 Å². The topological polar surface area (TPSA) is 89.0 Å². The lowest BCUT2D eigenvalue weighted by molar-refractivity contribution is -0.129. The van der Waals surface area contributed by atoms with Gasteiger partial charge in [-0.1, -0.05) is 0 Å². The Morgan fingerprint density at radius 2 is 1.90 bits per heavy atom. The van der Waals surface area contributed by atoms with Crippen LogP contribution in [0.5, 0.6) is 5.75 Å². The second-order valence-corrected chi connectivity index (χ2v) is 4.09. The van der Waals surface area contributed by atoms with E-state index < -0.39 is 5.91 Å². The highest BCUT2D eigenvalue weighted by Gasteiger charge is 2.07. The Kier molecular flexibility index (Phi) is 7.52. The minimum atomic E-state index is -0.477. The standard InChI is InChI=1S/C14H19N3O4/c1-20-8-7-15-13(18)9-14(19)17-16-10-11-3-5-12(21-2)6-4-11/h3-6,10H,7-9H2,1-2H3,(H,15,18)(H,17,19)/b16-10-. The highest BCUT2D eigenvalue weighted by Crippen LogP contribution is 2.09. The Hall–Kier alpha value is -2.41. The fourth-order valence-corrected chi connectivity index (χ4v) is 1.41. The van der Waals surface area contributed by atoms with E-state index >= 15 is 0 Å². The van der Waals surface area contributed by atoms with Crippen LogP contribution in [0, 0.1) is 0 Å². The SMILES string of the molecule is COCCNC(=O)CC(=O)N/N=C\c1ccc(OC)cc1. The number of benzene rings is 1. The van der Waals surface area contributed by atoms with Gasteiger partial charge < -0.3 is 14.8 Å². The normalized spacial score (nSPS) is 10.4. The second kappa shape index (κ2) is 9.49. The van der Waals surface area contributed by atoms with Crippen LogP contribution < -0.4 is 15.5 Å². The van der Waals surface area contributed by atoms with Gasteiger partial charge in [-0.2, -0.15) is 5.10 Å². The summed E-state index contributed by atoms with van der Waals surface area (Å²) in [6, 6.07) is 7.16. The minimum Gasteiger partial charge on any atom is -0.497 e. The van der Waals surface area contributed by atoms with Crippen LogP contribution in [0.3, 0.4) is 0 Å². The Labute approximate surface area is 123 Å². The molecule has 0 aliphatic rings. The van der Waals surface area contributed by atoms with Gasteiger partial charge in [0.1, 0.15) is 12.2 Å². The first-order valence-electron chi connectivity index (χ1n) is 6.37. The van der Waals surface area contributed by atoms with Crippen molar-refractivity contribution in [3.05, 3.63) is 29.8 Å². The molecule has 0 aliphatic carbocycles. The lowest BCUT2D eigenvalue weighted by atomic mass is 10.2. The van der Waals surface area contributed by atoms with Crippen LogP contribution in [0.2, 0.25) is 0 Å². The van der Waals surface area contributed by atoms with Crippen LogP contribution in [0.25, 0.3) is 0 Å². The summed E-state index contributed by atoms with van der Waals surface area (Å²) in [6.45, 7) is 0.778. The zero-order chi connectivity index (χ0) is 15.5. The third kappa shape index (κ3) is 7.07. The molecule has 0 saturated heterocycles. The number of hydrazone groups is 1. The molecular formula is C14H19N3O4. The summed E-state index contributed by atoms with van der Waals surface area (Å²) in [4.78, 5) is 22.8. The molecule has 1 aromatic rings. The quantitative estimate of drug-likeness (QED) is 0.312. The predicted octanol–water partition coefficient (Wildman–Crippen LogP) is 0.298. The molecule has 21 heavy (non-hydrogen) atoms. The summed E-state index contributed by atoms with van der Waals surface area (Å²) in [5.41, 5.74) is 3.09. The predicted molar refractivity (Wildman–Crippen MR) is 78.2 cm³/mol. The van der Waals surface area contributed by atoms with Crippen LogP contribution in [0.15, 0.2) is 29.4 Å². The zero-order valence-corrected chi connectivity index (χ0v) is 12.1. The highest BCUT2D eigenvalue weighted by molar-refractivity contribution is 5.97. The number of methoxy groups -OCH3 is 2. The first kappa shape index (κ1) is 16.6. The van der Waals surface area contributed by atoms with Crippen LogP contribution >= 0.6 is 0 Å². The molecule has 1 rings (SSSR count). The van der Waals surface area contributed by atoms with E-state index in [0.29, 0.717) is 13.2 Å². The minimum absolute atomic E-state index is 0.274. The van der Waals surface area contributed by atoms with Gasteiger partial charge in [-0.05, 0) is 29.8 Å². The number of hydrogen-bond acceptors (Lipinski definition) is 5. The first-order valence-corrected chi connectivity index (χ1v) is 6.37. The van der Waals surface area contributed by atoms with E-state index in [1.165, 1.54) is 13.3 Å². The zero-order valence-electron chi connectivity index (χ0n) is 12.1. The Morgan fingerprint density at radius 1 is 1.19 bits per heavy atom. The summed E-state index contributed by atoms with van der Waals surface area (Å²) in [6.07, 6.45) is 1.21. The summed E-state index contributed by atoms with van der Waals surface area (Å²) in [7, 11) is 3.12. The third-order valence-electron chi connectivity index (χ3n) is 2.47. The lowest BCUT2D eigenvalue weighted by Crippen LogP contribution is -2.31. The van der Waals surface area contributed by atoms with Crippen molar-refractivity contribution in [3.63, 3.8) is 0 Å². The van der Waals surface area contributed by atoms with Gasteiger partial charge in [0.2, 0.25) is 11.8 Å². The Balaban J connectivity index is 2.31. The maximum absolute atomic E-state index is 11.4. The molecule has 0 spiro atoms. The molecule has 2 N–H and O–H groups in total. The second-order valence-electron chi connectivity index (χ2n) is 4.09. The van der Waals surface area contributed by atoms with Crippen LogP contribution in [-0.2, 0) is 14.3 Å². The molecule has 1 aromatic carbocycles. The molecule has 0 unspecified atom stereocenters. The van der Waals surface area contributed by atoms with Gasteiger partial charge in [0, 0.05) is 13.7 Å². The maximum Gasteiger partial charge on any atom is 0.249 e. The molecule has 0 radical (unpaired) electrons.